The van der Waals surface area contributed by atoms with Crippen molar-refractivity contribution in [3.63, 3.8) is 0 Å². The Balaban J connectivity index is 1.51. The number of ether oxygens (including phenoxy) is 1. The molecule has 0 bridgehead atoms. The quantitative estimate of drug-likeness (QED) is 0.798. The van der Waals surface area contributed by atoms with E-state index in [1.165, 1.54) is 0 Å². The van der Waals surface area contributed by atoms with Crippen molar-refractivity contribution in [2.45, 2.75) is 0 Å². The fourth-order valence-corrected chi connectivity index (χ4v) is 3.25. The summed E-state index contributed by atoms with van der Waals surface area (Å²) in [6.45, 7) is 2.95. The van der Waals surface area contributed by atoms with Crippen molar-refractivity contribution in [3.8, 4) is 5.75 Å². The summed E-state index contributed by atoms with van der Waals surface area (Å²) in [5.41, 5.74) is 1.64. The number of aromatic nitrogens is 2. The average molecular weight is 336 g/mol. The Labute approximate surface area is 146 Å². The van der Waals surface area contributed by atoms with Crippen molar-refractivity contribution >= 4 is 22.6 Å². The third-order valence-corrected chi connectivity index (χ3v) is 4.66. The molecule has 1 amide bonds. The second-order valence-corrected chi connectivity index (χ2v) is 6.08. The molecular weight excluding hydrogens is 316 g/mol. The number of carbonyl (C=O) groups is 1. The molecular formula is C19H20N4O2. The van der Waals surface area contributed by atoms with Crippen LogP contribution in [0.5, 0.6) is 5.75 Å². The third kappa shape index (κ3) is 2.91. The zero-order valence-electron chi connectivity index (χ0n) is 14.1. The van der Waals surface area contributed by atoms with Gasteiger partial charge in [0.15, 0.2) is 0 Å². The molecule has 2 aromatic heterocycles. The van der Waals surface area contributed by atoms with E-state index in [4.69, 9.17) is 4.74 Å². The SMILES string of the molecule is COc1ccc2[nH]cc(C(=O)N3CCN(c4ccccn4)CC3)c2c1. The molecule has 0 atom stereocenters. The van der Waals surface area contributed by atoms with Gasteiger partial charge in [-0.1, -0.05) is 6.07 Å². The number of nitrogens with zero attached hydrogens (tertiary/aromatic N) is 3. The molecule has 1 saturated heterocycles. The Hall–Kier alpha value is -3.02. The average Bonchev–Trinajstić information content (AvgIpc) is 3.11. The molecule has 0 saturated carbocycles. The third-order valence-electron chi connectivity index (χ3n) is 4.66. The van der Waals surface area contributed by atoms with Gasteiger partial charge >= 0.3 is 0 Å². The van der Waals surface area contributed by atoms with Crippen LogP contribution >= 0.6 is 0 Å². The van der Waals surface area contributed by atoms with E-state index in [1.807, 2.05) is 41.3 Å². The zero-order valence-corrected chi connectivity index (χ0v) is 14.1. The highest BCUT2D eigenvalue weighted by molar-refractivity contribution is 6.07. The maximum Gasteiger partial charge on any atom is 0.256 e. The Morgan fingerprint density at radius 1 is 1.16 bits per heavy atom. The summed E-state index contributed by atoms with van der Waals surface area (Å²) in [5, 5.41) is 0.900. The Kier molecular flexibility index (Phi) is 4.01. The van der Waals surface area contributed by atoms with Crippen LogP contribution in [0.25, 0.3) is 10.9 Å². The number of hydrogen-bond donors (Lipinski definition) is 1. The molecule has 3 aromatic rings. The largest absolute Gasteiger partial charge is 0.497 e. The van der Waals surface area contributed by atoms with E-state index in [-0.39, 0.29) is 5.91 Å². The summed E-state index contributed by atoms with van der Waals surface area (Å²) in [6.07, 6.45) is 3.59. The van der Waals surface area contributed by atoms with E-state index in [0.717, 1.165) is 35.6 Å². The maximum atomic E-state index is 12.9. The zero-order chi connectivity index (χ0) is 17.2. The van der Waals surface area contributed by atoms with Crippen LogP contribution in [0.1, 0.15) is 10.4 Å². The monoisotopic (exact) mass is 336 g/mol. The summed E-state index contributed by atoms with van der Waals surface area (Å²) in [6, 6.07) is 11.6. The van der Waals surface area contributed by atoms with E-state index >= 15 is 0 Å². The van der Waals surface area contributed by atoms with Crippen molar-refractivity contribution in [1.82, 2.24) is 14.9 Å². The van der Waals surface area contributed by atoms with E-state index in [2.05, 4.69) is 14.9 Å². The fraction of sp³-hybridized carbons (Fsp3) is 0.263. The highest BCUT2D eigenvalue weighted by atomic mass is 16.5. The summed E-state index contributed by atoms with van der Waals surface area (Å²) < 4.78 is 5.28. The molecule has 6 heteroatoms. The first-order valence-electron chi connectivity index (χ1n) is 8.36. The van der Waals surface area contributed by atoms with Crippen molar-refractivity contribution in [2.24, 2.45) is 0 Å². The Morgan fingerprint density at radius 2 is 2.00 bits per heavy atom. The standard InChI is InChI=1S/C19H20N4O2/c1-25-14-5-6-17-15(12-14)16(13-21-17)19(24)23-10-8-22(9-11-23)18-4-2-3-7-20-18/h2-7,12-13,21H,8-11H2,1H3. The summed E-state index contributed by atoms with van der Waals surface area (Å²) >= 11 is 0. The van der Waals surface area contributed by atoms with Crippen LogP contribution in [-0.4, -0.2) is 54.1 Å². The first kappa shape index (κ1) is 15.5. The van der Waals surface area contributed by atoms with Gasteiger partial charge < -0.3 is 19.5 Å². The lowest BCUT2D eigenvalue weighted by atomic mass is 10.1. The lowest BCUT2D eigenvalue weighted by Gasteiger charge is -2.35. The molecule has 1 fully saturated rings. The summed E-state index contributed by atoms with van der Waals surface area (Å²) in [4.78, 5) is 24.6. The number of amides is 1. The van der Waals surface area contributed by atoms with Gasteiger partial charge in [-0.05, 0) is 30.3 Å². The second kappa shape index (κ2) is 6.47. The van der Waals surface area contributed by atoms with Crippen LogP contribution in [0, 0.1) is 0 Å². The van der Waals surface area contributed by atoms with Crippen LogP contribution in [0.2, 0.25) is 0 Å². The Bertz CT molecular complexity index is 883. The number of fused-ring (bicyclic) bond motifs is 1. The van der Waals surface area contributed by atoms with Gasteiger partial charge in [0.2, 0.25) is 0 Å². The molecule has 4 rings (SSSR count). The van der Waals surface area contributed by atoms with Crippen LogP contribution in [0.4, 0.5) is 5.82 Å². The molecule has 1 aromatic carbocycles. The number of H-pyrrole nitrogens is 1. The molecule has 1 aliphatic rings. The van der Waals surface area contributed by atoms with E-state index in [9.17, 15) is 4.79 Å². The molecule has 0 aliphatic carbocycles. The number of carbonyl (C=O) groups excluding carboxylic acids is 1. The minimum Gasteiger partial charge on any atom is -0.497 e. The lowest BCUT2D eigenvalue weighted by molar-refractivity contribution is 0.0748. The number of piperazine rings is 1. The normalized spacial score (nSPS) is 14.8. The van der Waals surface area contributed by atoms with Gasteiger partial charge in [0.25, 0.3) is 5.91 Å². The van der Waals surface area contributed by atoms with Crippen LogP contribution < -0.4 is 9.64 Å². The molecule has 25 heavy (non-hydrogen) atoms. The first-order valence-corrected chi connectivity index (χ1v) is 8.36. The van der Waals surface area contributed by atoms with Gasteiger partial charge in [-0.3, -0.25) is 4.79 Å². The number of hydrogen-bond acceptors (Lipinski definition) is 4. The number of rotatable bonds is 3. The number of nitrogens with one attached hydrogen (secondary N) is 1. The predicted molar refractivity (Wildman–Crippen MR) is 97.2 cm³/mol. The number of anilines is 1. The summed E-state index contributed by atoms with van der Waals surface area (Å²) in [5.74, 6) is 1.77. The molecule has 1 aliphatic heterocycles. The van der Waals surface area contributed by atoms with Gasteiger partial charge in [0.1, 0.15) is 11.6 Å². The minimum atomic E-state index is 0.0557. The maximum absolute atomic E-state index is 12.9. The van der Waals surface area contributed by atoms with Gasteiger partial charge in [-0.15, -0.1) is 0 Å². The smallest absolute Gasteiger partial charge is 0.256 e. The second-order valence-electron chi connectivity index (χ2n) is 6.08. The van der Waals surface area contributed by atoms with Gasteiger partial charge in [-0.2, -0.15) is 0 Å². The summed E-state index contributed by atoms with van der Waals surface area (Å²) in [7, 11) is 1.63. The Morgan fingerprint density at radius 3 is 2.72 bits per heavy atom. The molecule has 0 spiro atoms. The molecule has 1 N–H and O–H groups in total. The van der Waals surface area contributed by atoms with E-state index in [0.29, 0.717) is 18.7 Å². The molecule has 6 nitrogen and oxygen atoms in total. The van der Waals surface area contributed by atoms with Crippen molar-refractivity contribution in [2.75, 3.05) is 38.2 Å². The van der Waals surface area contributed by atoms with E-state index in [1.54, 1.807) is 19.5 Å². The van der Waals surface area contributed by atoms with Crippen molar-refractivity contribution in [1.29, 1.82) is 0 Å². The highest BCUT2D eigenvalue weighted by Gasteiger charge is 2.24. The van der Waals surface area contributed by atoms with Crippen LogP contribution in [0.15, 0.2) is 48.8 Å². The fourth-order valence-electron chi connectivity index (χ4n) is 3.25. The van der Waals surface area contributed by atoms with Gasteiger partial charge in [0.05, 0.1) is 12.7 Å². The predicted octanol–water partition coefficient (Wildman–Crippen LogP) is 2.53. The number of aromatic amines is 1. The van der Waals surface area contributed by atoms with Gasteiger partial charge in [-0.25, -0.2) is 4.98 Å². The number of methoxy groups -OCH3 is 1. The van der Waals surface area contributed by atoms with Crippen LogP contribution in [-0.2, 0) is 0 Å². The highest BCUT2D eigenvalue weighted by Crippen LogP contribution is 2.25. The van der Waals surface area contributed by atoms with Crippen molar-refractivity contribution < 1.29 is 9.53 Å². The number of benzene rings is 1. The lowest BCUT2D eigenvalue weighted by Crippen LogP contribution is -2.49. The van der Waals surface area contributed by atoms with Crippen LogP contribution in [0.3, 0.4) is 0 Å². The van der Waals surface area contributed by atoms with Crippen molar-refractivity contribution in [3.05, 3.63) is 54.4 Å². The molecule has 0 unspecified atom stereocenters. The molecule has 3 heterocycles. The minimum absolute atomic E-state index is 0.0557. The number of pyridine rings is 1. The molecule has 128 valence electrons. The first-order chi connectivity index (χ1) is 12.3. The molecule has 0 radical (unpaired) electrons. The topological polar surface area (TPSA) is 61.5 Å². The van der Waals surface area contributed by atoms with Gasteiger partial charge in [0, 0.05) is 49.5 Å². The van der Waals surface area contributed by atoms with E-state index < -0.39 is 0 Å².